The first-order valence-electron chi connectivity index (χ1n) is 9.36. The highest BCUT2D eigenvalue weighted by Crippen LogP contribution is 2.51. The third-order valence-corrected chi connectivity index (χ3v) is 5.77. The van der Waals surface area contributed by atoms with Gasteiger partial charge in [-0.2, -0.15) is 0 Å². The zero-order chi connectivity index (χ0) is 18.4. The SMILES string of the molecule is CN=CC1=CN2c3c(cc(F)c(N4CCN(C)CC4)c3OC[C@@H]2C)C1C. The number of anilines is 2. The molecule has 0 aliphatic carbocycles. The lowest BCUT2D eigenvalue weighted by molar-refractivity contribution is 0.271. The van der Waals surface area contributed by atoms with Gasteiger partial charge in [0, 0.05) is 51.6 Å². The number of rotatable bonds is 2. The summed E-state index contributed by atoms with van der Waals surface area (Å²) in [5.41, 5.74) is 3.74. The molecule has 26 heavy (non-hydrogen) atoms. The second-order valence-corrected chi connectivity index (χ2v) is 7.57. The minimum Gasteiger partial charge on any atom is -0.487 e. The van der Waals surface area contributed by atoms with E-state index in [1.54, 1.807) is 13.1 Å². The summed E-state index contributed by atoms with van der Waals surface area (Å²) >= 11 is 0. The van der Waals surface area contributed by atoms with Crippen molar-refractivity contribution in [1.82, 2.24) is 4.90 Å². The maximum atomic E-state index is 15.2. The predicted octanol–water partition coefficient (Wildman–Crippen LogP) is 2.87. The summed E-state index contributed by atoms with van der Waals surface area (Å²) in [6.07, 6.45) is 4.03. The van der Waals surface area contributed by atoms with Crippen LogP contribution in [0.25, 0.3) is 0 Å². The predicted molar refractivity (Wildman–Crippen MR) is 104 cm³/mol. The Labute approximate surface area is 154 Å². The second-order valence-electron chi connectivity index (χ2n) is 7.57. The van der Waals surface area contributed by atoms with Gasteiger partial charge in [0.25, 0.3) is 0 Å². The summed E-state index contributed by atoms with van der Waals surface area (Å²) in [5, 5.41) is 0. The van der Waals surface area contributed by atoms with Crippen LogP contribution in [0.3, 0.4) is 0 Å². The van der Waals surface area contributed by atoms with Gasteiger partial charge in [0.2, 0.25) is 0 Å². The molecular weight excluding hydrogens is 331 g/mol. The zero-order valence-electron chi connectivity index (χ0n) is 16.0. The van der Waals surface area contributed by atoms with Crippen LogP contribution in [0.15, 0.2) is 22.8 Å². The van der Waals surface area contributed by atoms with Crippen LogP contribution in [0.5, 0.6) is 5.75 Å². The van der Waals surface area contributed by atoms with Crippen molar-refractivity contribution < 1.29 is 9.13 Å². The van der Waals surface area contributed by atoms with Crippen LogP contribution in [0.1, 0.15) is 25.3 Å². The summed E-state index contributed by atoms with van der Waals surface area (Å²) in [6.45, 7) is 8.30. The number of nitrogens with zero attached hydrogens (tertiary/aromatic N) is 4. The number of hydrogen-bond acceptors (Lipinski definition) is 5. The van der Waals surface area contributed by atoms with Crippen molar-refractivity contribution in [3.63, 3.8) is 0 Å². The minimum atomic E-state index is -0.181. The number of halogens is 1. The van der Waals surface area contributed by atoms with Crippen LogP contribution < -0.4 is 14.5 Å². The first-order chi connectivity index (χ1) is 12.5. The molecule has 6 heteroatoms. The molecule has 1 saturated heterocycles. The second kappa shape index (κ2) is 6.58. The van der Waals surface area contributed by atoms with Gasteiger partial charge in [0.15, 0.2) is 11.6 Å². The molecule has 1 aromatic rings. The van der Waals surface area contributed by atoms with Gasteiger partial charge in [-0.3, -0.25) is 4.99 Å². The third-order valence-electron chi connectivity index (χ3n) is 5.77. The summed E-state index contributed by atoms with van der Waals surface area (Å²) in [4.78, 5) is 10.8. The standard InChI is InChI=1S/C20H27FN4O/c1-13-12-26-20-18-16(14(2)15(10-22-3)11-25(13)18)9-17(21)19(20)24-7-5-23(4)6-8-24/h9-11,13-14H,5-8,12H2,1-4H3/t13-,14?/m0/s1. The maximum absolute atomic E-state index is 15.2. The number of hydrogen-bond donors (Lipinski definition) is 0. The van der Waals surface area contributed by atoms with Crippen molar-refractivity contribution in [2.24, 2.45) is 4.99 Å². The van der Waals surface area contributed by atoms with Crippen molar-refractivity contribution >= 4 is 17.6 Å². The Kier molecular flexibility index (Phi) is 4.39. The smallest absolute Gasteiger partial charge is 0.169 e. The molecule has 3 aliphatic heterocycles. The summed E-state index contributed by atoms with van der Waals surface area (Å²) in [5.74, 6) is 0.617. The van der Waals surface area contributed by atoms with E-state index in [2.05, 4.69) is 46.8 Å². The molecule has 140 valence electrons. The van der Waals surface area contributed by atoms with Crippen LogP contribution in [0.4, 0.5) is 15.8 Å². The third kappa shape index (κ3) is 2.67. The zero-order valence-corrected chi connectivity index (χ0v) is 16.0. The molecule has 0 aromatic heterocycles. The number of aliphatic imine (C=N–C) groups is 1. The molecule has 3 aliphatic rings. The van der Waals surface area contributed by atoms with Crippen LogP contribution in [-0.2, 0) is 0 Å². The molecule has 3 heterocycles. The largest absolute Gasteiger partial charge is 0.487 e. The van der Waals surface area contributed by atoms with E-state index in [9.17, 15) is 0 Å². The highest BCUT2D eigenvalue weighted by Gasteiger charge is 2.37. The highest BCUT2D eigenvalue weighted by atomic mass is 19.1. The minimum absolute atomic E-state index is 0.0913. The van der Waals surface area contributed by atoms with E-state index < -0.39 is 0 Å². The number of allylic oxidation sites excluding steroid dienone is 1. The average molecular weight is 358 g/mol. The van der Waals surface area contributed by atoms with Gasteiger partial charge in [-0.15, -0.1) is 0 Å². The van der Waals surface area contributed by atoms with E-state index in [1.165, 1.54) is 0 Å². The Balaban J connectivity index is 1.84. The monoisotopic (exact) mass is 358 g/mol. The van der Waals surface area contributed by atoms with E-state index in [0.717, 1.165) is 43.0 Å². The molecule has 0 saturated carbocycles. The molecule has 0 bridgehead atoms. The first-order valence-corrected chi connectivity index (χ1v) is 9.36. The molecule has 5 nitrogen and oxygen atoms in total. The lowest BCUT2D eigenvalue weighted by Crippen LogP contribution is -2.46. The van der Waals surface area contributed by atoms with Gasteiger partial charge >= 0.3 is 0 Å². The van der Waals surface area contributed by atoms with Gasteiger partial charge in [0.05, 0.1) is 11.7 Å². The van der Waals surface area contributed by atoms with Crippen molar-refractivity contribution in [3.05, 3.63) is 29.2 Å². The van der Waals surface area contributed by atoms with E-state index in [-0.39, 0.29) is 17.8 Å². The summed E-state index contributed by atoms with van der Waals surface area (Å²) in [7, 11) is 3.88. The molecule has 1 aromatic carbocycles. The van der Waals surface area contributed by atoms with E-state index in [0.29, 0.717) is 18.0 Å². The van der Waals surface area contributed by atoms with Gasteiger partial charge in [-0.1, -0.05) is 6.92 Å². The molecule has 0 amide bonds. The van der Waals surface area contributed by atoms with Crippen molar-refractivity contribution in [2.75, 3.05) is 56.7 Å². The fourth-order valence-corrected chi connectivity index (χ4v) is 4.13. The number of piperazine rings is 1. The molecule has 2 atom stereocenters. The van der Waals surface area contributed by atoms with Gasteiger partial charge < -0.3 is 19.4 Å². The number of likely N-dealkylation sites (N-methyl/N-ethyl adjacent to an activating group) is 1. The molecular formula is C20H27FN4O. The van der Waals surface area contributed by atoms with Crippen LogP contribution >= 0.6 is 0 Å². The lowest BCUT2D eigenvalue weighted by atomic mass is 9.87. The Hall–Kier alpha value is -2.08. The fraction of sp³-hybridized carbons (Fsp3) is 0.550. The molecule has 1 fully saturated rings. The van der Waals surface area contributed by atoms with Gasteiger partial charge in [-0.05, 0) is 31.2 Å². The Bertz CT molecular complexity index is 768. The van der Waals surface area contributed by atoms with Crippen molar-refractivity contribution in [3.8, 4) is 5.75 Å². The van der Waals surface area contributed by atoms with E-state index in [1.807, 2.05) is 6.21 Å². The van der Waals surface area contributed by atoms with E-state index >= 15 is 4.39 Å². The fourth-order valence-electron chi connectivity index (χ4n) is 4.13. The van der Waals surface area contributed by atoms with Gasteiger partial charge in [0.1, 0.15) is 12.3 Å². The topological polar surface area (TPSA) is 31.3 Å². The van der Waals surface area contributed by atoms with Crippen molar-refractivity contribution in [2.45, 2.75) is 25.8 Å². The Morgan fingerprint density at radius 2 is 1.92 bits per heavy atom. The molecule has 0 N–H and O–H groups in total. The average Bonchev–Trinajstić information content (AvgIpc) is 2.62. The van der Waals surface area contributed by atoms with Crippen LogP contribution in [-0.4, -0.2) is 64.0 Å². The number of benzene rings is 1. The molecule has 4 rings (SSSR count). The first kappa shape index (κ1) is 17.3. The summed E-state index contributed by atoms with van der Waals surface area (Å²) < 4.78 is 21.4. The highest BCUT2D eigenvalue weighted by molar-refractivity contribution is 5.88. The van der Waals surface area contributed by atoms with Crippen molar-refractivity contribution in [1.29, 1.82) is 0 Å². The summed E-state index contributed by atoms with van der Waals surface area (Å²) in [6, 6.07) is 1.92. The lowest BCUT2D eigenvalue weighted by Gasteiger charge is -2.43. The maximum Gasteiger partial charge on any atom is 0.169 e. The quantitative estimate of drug-likeness (QED) is 0.761. The molecule has 0 spiro atoms. The van der Waals surface area contributed by atoms with Gasteiger partial charge in [-0.25, -0.2) is 4.39 Å². The normalized spacial score (nSPS) is 26.0. The Morgan fingerprint density at radius 1 is 1.19 bits per heavy atom. The Morgan fingerprint density at radius 3 is 2.62 bits per heavy atom. The van der Waals surface area contributed by atoms with Crippen LogP contribution in [0.2, 0.25) is 0 Å². The van der Waals surface area contributed by atoms with E-state index in [4.69, 9.17) is 4.74 Å². The number of ether oxygens (including phenoxy) is 1. The molecule has 1 unspecified atom stereocenters. The molecule has 0 radical (unpaired) electrons. The van der Waals surface area contributed by atoms with Crippen LogP contribution in [0, 0.1) is 5.82 Å².